The van der Waals surface area contributed by atoms with Gasteiger partial charge in [0.05, 0.1) is 11.1 Å². The Hall–Kier alpha value is -2.23. The van der Waals surface area contributed by atoms with Gasteiger partial charge in [0.15, 0.2) is 0 Å². The minimum atomic E-state index is -0.892. The van der Waals surface area contributed by atoms with E-state index in [1.54, 1.807) is 13.0 Å². The van der Waals surface area contributed by atoms with Gasteiger partial charge in [-0.3, -0.25) is 0 Å². The second-order valence-corrected chi connectivity index (χ2v) is 7.59. The van der Waals surface area contributed by atoms with Crippen molar-refractivity contribution in [2.75, 3.05) is 0 Å². The average Bonchev–Trinajstić information content (AvgIpc) is 2.45. The Morgan fingerprint density at radius 2 is 1.88 bits per heavy atom. The molecule has 0 saturated heterocycles. The lowest BCUT2D eigenvalue weighted by Crippen LogP contribution is -2.38. The summed E-state index contributed by atoms with van der Waals surface area (Å²) in [4.78, 5) is 12.7. The summed E-state index contributed by atoms with van der Waals surface area (Å²) in [5, 5.41) is 2.03. The average molecular weight is 318 g/mol. The topological polar surface area (TPSA) is 35.5 Å². The molecule has 24 heavy (non-hydrogen) atoms. The third-order valence-electron chi connectivity index (χ3n) is 4.64. The van der Waals surface area contributed by atoms with E-state index in [1.807, 2.05) is 32.9 Å². The van der Waals surface area contributed by atoms with E-state index >= 15 is 0 Å². The van der Waals surface area contributed by atoms with Crippen molar-refractivity contribution in [1.82, 2.24) is 0 Å². The SMILES string of the molecule is [B]C1(C)C=Cc2c3c(c4cc(C)ccc4c2O1)CC(C)(C)OC3=O. The van der Waals surface area contributed by atoms with E-state index in [1.165, 1.54) is 0 Å². The van der Waals surface area contributed by atoms with Crippen LogP contribution in [0.2, 0.25) is 0 Å². The molecular weight excluding hydrogens is 299 g/mol. The highest BCUT2D eigenvalue weighted by atomic mass is 16.6. The fourth-order valence-corrected chi connectivity index (χ4v) is 3.61. The lowest BCUT2D eigenvalue weighted by Gasteiger charge is -2.36. The number of carbonyl (C=O) groups is 1. The standard InChI is InChI=1S/C20H19BO3/c1-11-5-6-12-14(9-11)15-10-19(2,3)24-18(22)16(15)13-7-8-20(4,21)23-17(12)13/h5-9H,10H2,1-4H3. The molecule has 1 atom stereocenters. The van der Waals surface area contributed by atoms with Gasteiger partial charge in [-0.1, -0.05) is 35.9 Å². The zero-order valence-electron chi connectivity index (χ0n) is 14.4. The first kappa shape index (κ1) is 15.3. The molecule has 2 aliphatic rings. The molecule has 0 spiro atoms. The molecule has 2 aromatic rings. The maximum atomic E-state index is 12.7. The Morgan fingerprint density at radius 3 is 2.62 bits per heavy atom. The van der Waals surface area contributed by atoms with Crippen molar-refractivity contribution in [2.24, 2.45) is 0 Å². The predicted octanol–water partition coefficient (Wildman–Crippen LogP) is 3.93. The minimum Gasteiger partial charge on any atom is -0.492 e. The van der Waals surface area contributed by atoms with Gasteiger partial charge in [-0.15, -0.1) is 0 Å². The van der Waals surface area contributed by atoms with E-state index in [0.29, 0.717) is 17.7 Å². The van der Waals surface area contributed by atoms with E-state index in [4.69, 9.17) is 17.3 Å². The smallest absolute Gasteiger partial charge is 0.339 e. The molecule has 0 bridgehead atoms. The van der Waals surface area contributed by atoms with Crippen molar-refractivity contribution in [3.8, 4) is 5.75 Å². The second-order valence-electron chi connectivity index (χ2n) is 7.59. The van der Waals surface area contributed by atoms with Gasteiger partial charge in [-0.25, -0.2) is 4.79 Å². The first-order valence-electron chi connectivity index (χ1n) is 8.17. The van der Waals surface area contributed by atoms with Crippen molar-refractivity contribution in [3.05, 3.63) is 46.5 Å². The summed E-state index contributed by atoms with van der Waals surface area (Å²) in [6.07, 6.45) is 4.34. The van der Waals surface area contributed by atoms with Crippen LogP contribution < -0.4 is 4.74 Å². The van der Waals surface area contributed by atoms with Crippen molar-refractivity contribution >= 4 is 30.7 Å². The van der Waals surface area contributed by atoms with E-state index in [9.17, 15) is 4.79 Å². The van der Waals surface area contributed by atoms with Crippen molar-refractivity contribution in [1.29, 1.82) is 0 Å². The van der Waals surface area contributed by atoms with Crippen molar-refractivity contribution in [3.63, 3.8) is 0 Å². The largest absolute Gasteiger partial charge is 0.492 e. The van der Waals surface area contributed by atoms with E-state index in [-0.39, 0.29) is 5.97 Å². The number of hydrogen-bond donors (Lipinski definition) is 0. The van der Waals surface area contributed by atoms with Crippen LogP contribution in [-0.2, 0) is 11.2 Å². The molecule has 0 saturated carbocycles. The molecule has 0 aromatic heterocycles. The summed E-state index contributed by atoms with van der Waals surface area (Å²) in [6.45, 7) is 7.73. The number of cyclic esters (lactones) is 1. The van der Waals surface area contributed by atoms with Crippen molar-refractivity contribution < 1.29 is 14.3 Å². The summed E-state index contributed by atoms with van der Waals surface area (Å²) in [5.74, 6) is 0.364. The summed E-state index contributed by atoms with van der Waals surface area (Å²) in [5.41, 5.74) is 2.14. The number of esters is 1. The maximum Gasteiger partial charge on any atom is 0.339 e. The fraction of sp³-hybridized carbons (Fsp3) is 0.350. The third kappa shape index (κ3) is 2.24. The van der Waals surface area contributed by atoms with Gasteiger partial charge in [0.25, 0.3) is 0 Å². The summed E-state index contributed by atoms with van der Waals surface area (Å²) >= 11 is 0. The van der Waals surface area contributed by atoms with Crippen LogP contribution in [-0.4, -0.2) is 24.9 Å². The Bertz CT molecular complexity index is 922. The number of carbonyl (C=O) groups excluding carboxylic acids is 1. The quantitative estimate of drug-likeness (QED) is 0.545. The molecule has 120 valence electrons. The van der Waals surface area contributed by atoms with Gasteiger partial charge in [-0.05, 0) is 38.6 Å². The molecule has 2 radical (unpaired) electrons. The highest BCUT2D eigenvalue weighted by Gasteiger charge is 2.38. The molecule has 4 rings (SSSR count). The molecular formula is C20H19BO3. The number of fused-ring (bicyclic) bond motifs is 6. The monoisotopic (exact) mass is 318 g/mol. The van der Waals surface area contributed by atoms with E-state index < -0.39 is 11.1 Å². The van der Waals surface area contributed by atoms with Gasteiger partial charge >= 0.3 is 5.97 Å². The fourth-order valence-electron chi connectivity index (χ4n) is 3.61. The van der Waals surface area contributed by atoms with Crippen LogP contribution in [0.25, 0.3) is 16.8 Å². The Balaban J connectivity index is 2.14. The number of rotatable bonds is 0. The van der Waals surface area contributed by atoms with E-state index in [2.05, 4.69) is 12.1 Å². The second kappa shape index (κ2) is 4.66. The summed E-state index contributed by atoms with van der Waals surface area (Å²) < 4.78 is 11.7. The minimum absolute atomic E-state index is 0.296. The molecule has 2 aliphatic heterocycles. The summed E-state index contributed by atoms with van der Waals surface area (Å²) in [7, 11) is 6.14. The van der Waals surface area contributed by atoms with Crippen LogP contribution in [0.4, 0.5) is 0 Å². The molecule has 4 heteroatoms. The zero-order chi connectivity index (χ0) is 17.3. The molecule has 0 amide bonds. The Labute approximate surface area is 143 Å². The summed E-state index contributed by atoms with van der Waals surface area (Å²) in [6, 6.07) is 6.21. The lowest BCUT2D eigenvalue weighted by molar-refractivity contribution is -0.00637. The lowest BCUT2D eigenvalue weighted by atomic mass is 9.78. The van der Waals surface area contributed by atoms with Crippen LogP contribution in [0.1, 0.15) is 47.8 Å². The predicted molar refractivity (Wildman–Crippen MR) is 95.7 cm³/mol. The molecule has 2 heterocycles. The molecule has 3 nitrogen and oxygen atoms in total. The molecule has 0 N–H and O–H groups in total. The van der Waals surface area contributed by atoms with Gasteiger partial charge in [0.1, 0.15) is 19.2 Å². The molecule has 2 aromatic carbocycles. The number of ether oxygens (including phenoxy) is 2. The maximum absolute atomic E-state index is 12.7. The molecule has 1 unspecified atom stereocenters. The van der Waals surface area contributed by atoms with Crippen LogP contribution in [0.5, 0.6) is 5.75 Å². The molecule has 0 fully saturated rings. The first-order chi connectivity index (χ1) is 11.2. The van der Waals surface area contributed by atoms with Gasteiger partial charge < -0.3 is 9.47 Å². The van der Waals surface area contributed by atoms with Crippen LogP contribution in [0, 0.1) is 6.92 Å². The van der Waals surface area contributed by atoms with E-state index in [0.717, 1.165) is 27.5 Å². The van der Waals surface area contributed by atoms with Crippen LogP contribution in [0.3, 0.4) is 0 Å². The normalized spacial score (nSPS) is 24.1. The van der Waals surface area contributed by atoms with Gasteiger partial charge in [0.2, 0.25) is 0 Å². The Morgan fingerprint density at radius 1 is 1.12 bits per heavy atom. The zero-order valence-corrected chi connectivity index (χ0v) is 14.4. The van der Waals surface area contributed by atoms with Crippen molar-refractivity contribution in [2.45, 2.75) is 45.2 Å². The number of aryl methyl sites for hydroxylation is 1. The number of hydrogen-bond acceptors (Lipinski definition) is 3. The third-order valence-corrected chi connectivity index (χ3v) is 4.64. The highest BCUT2D eigenvalue weighted by molar-refractivity contribution is 6.17. The number of benzene rings is 2. The Kier molecular flexibility index (Phi) is 2.97. The highest BCUT2D eigenvalue weighted by Crippen LogP contribution is 2.45. The van der Waals surface area contributed by atoms with Gasteiger partial charge in [-0.2, -0.15) is 0 Å². The first-order valence-corrected chi connectivity index (χ1v) is 8.17. The van der Waals surface area contributed by atoms with Gasteiger partial charge in [0, 0.05) is 17.4 Å². The van der Waals surface area contributed by atoms with Crippen LogP contribution in [0.15, 0.2) is 24.3 Å². The molecule has 0 aliphatic carbocycles. The van der Waals surface area contributed by atoms with Crippen LogP contribution >= 0.6 is 0 Å².